The van der Waals surface area contributed by atoms with Gasteiger partial charge >= 0.3 is 5.97 Å². The summed E-state index contributed by atoms with van der Waals surface area (Å²) in [6.07, 6.45) is 1.77. The van der Waals surface area contributed by atoms with Gasteiger partial charge in [-0.2, -0.15) is 0 Å². The van der Waals surface area contributed by atoms with E-state index in [0.717, 1.165) is 6.42 Å². The summed E-state index contributed by atoms with van der Waals surface area (Å²) in [4.78, 5) is 12.3. The predicted molar refractivity (Wildman–Crippen MR) is 79.7 cm³/mol. The molecular weight excluding hydrogens is 273 g/mol. The molecular formula is C16H24FNO3. The fourth-order valence-electron chi connectivity index (χ4n) is 2.49. The van der Waals surface area contributed by atoms with E-state index in [-0.39, 0.29) is 18.3 Å². The van der Waals surface area contributed by atoms with E-state index in [0.29, 0.717) is 25.0 Å². The quantitative estimate of drug-likeness (QED) is 0.749. The Kier molecular flexibility index (Phi) is 6.62. The second-order valence-electron chi connectivity index (χ2n) is 5.10. The summed E-state index contributed by atoms with van der Waals surface area (Å²) in [5.74, 6) is -0.574. The third-order valence-electron chi connectivity index (χ3n) is 3.59. The largest absolute Gasteiger partial charge is 0.494 e. The highest BCUT2D eigenvalue weighted by molar-refractivity contribution is 5.77. The summed E-state index contributed by atoms with van der Waals surface area (Å²) in [7, 11) is 1.41. The van der Waals surface area contributed by atoms with Gasteiger partial charge < -0.3 is 15.2 Å². The Balaban J connectivity index is 3.05. The molecule has 2 N–H and O–H groups in total. The molecule has 1 rings (SSSR count). The minimum Gasteiger partial charge on any atom is -0.494 e. The summed E-state index contributed by atoms with van der Waals surface area (Å²) in [6.45, 7) is 4.23. The molecule has 0 saturated heterocycles. The zero-order valence-corrected chi connectivity index (χ0v) is 12.9. The van der Waals surface area contributed by atoms with Gasteiger partial charge in [-0.3, -0.25) is 4.79 Å². The first-order chi connectivity index (χ1) is 10.0. The SMILES string of the molecule is CCCC(CN)(Cc1ccc(OC)c(F)c1)C(=O)OCC. The van der Waals surface area contributed by atoms with Crippen LogP contribution in [-0.2, 0) is 16.0 Å². The van der Waals surface area contributed by atoms with Crippen molar-refractivity contribution in [2.24, 2.45) is 11.1 Å². The molecule has 0 aliphatic carbocycles. The number of benzene rings is 1. The number of hydrogen-bond donors (Lipinski definition) is 1. The molecule has 0 bridgehead atoms. The normalized spacial score (nSPS) is 13.6. The van der Waals surface area contributed by atoms with Crippen molar-refractivity contribution < 1.29 is 18.7 Å². The van der Waals surface area contributed by atoms with Crippen molar-refractivity contribution in [1.29, 1.82) is 0 Å². The van der Waals surface area contributed by atoms with E-state index in [1.54, 1.807) is 19.1 Å². The number of carbonyl (C=O) groups is 1. The first kappa shape index (κ1) is 17.4. The van der Waals surface area contributed by atoms with Crippen LogP contribution in [0.15, 0.2) is 18.2 Å². The molecule has 0 fully saturated rings. The smallest absolute Gasteiger partial charge is 0.313 e. The average Bonchev–Trinajstić information content (AvgIpc) is 2.47. The molecule has 0 spiro atoms. The minimum atomic E-state index is -0.800. The van der Waals surface area contributed by atoms with Crippen LogP contribution in [0, 0.1) is 11.2 Å². The van der Waals surface area contributed by atoms with Crippen molar-refractivity contribution in [3.63, 3.8) is 0 Å². The van der Waals surface area contributed by atoms with Crippen molar-refractivity contribution in [3.05, 3.63) is 29.6 Å². The Morgan fingerprint density at radius 3 is 2.57 bits per heavy atom. The molecule has 0 aromatic heterocycles. The van der Waals surface area contributed by atoms with Crippen LogP contribution in [0.25, 0.3) is 0 Å². The molecule has 0 aliphatic heterocycles. The maximum atomic E-state index is 13.8. The fraction of sp³-hybridized carbons (Fsp3) is 0.562. The molecule has 0 aliphatic rings. The topological polar surface area (TPSA) is 61.5 Å². The summed E-state index contributed by atoms with van der Waals surface area (Å²) in [5.41, 5.74) is 5.76. The molecule has 0 heterocycles. The van der Waals surface area contributed by atoms with Gasteiger partial charge in [-0.1, -0.05) is 19.4 Å². The molecule has 1 aromatic carbocycles. The zero-order valence-electron chi connectivity index (χ0n) is 12.9. The number of carbonyl (C=O) groups excluding carboxylic acids is 1. The Hall–Kier alpha value is -1.62. The van der Waals surface area contributed by atoms with Gasteiger partial charge in [0.25, 0.3) is 0 Å². The molecule has 0 amide bonds. The van der Waals surface area contributed by atoms with Gasteiger partial charge in [0, 0.05) is 6.54 Å². The number of esters is 1. The molecule has 4 nitrogen and oxygen atoms in total. The van der Waals surface area contributed by atoms with Crippen LogP contribution < -0.4 is 10.5 Å². The Bertz CT molecular complexity index is 479. The Morgan fingerprint density at radius 2 is 2.10 bits per heavy atom. The van der Waals surface area contributed by atoms with E-state index in [9.17, 15) is 9.18 Å². The second kappa shape index (κ2) is 7.98. The van der Waals surface area contributed by atoms with Gasteiger partial charge in [0.1, 0.15) is 0 Å². The van der Waals surface area contributed by atoms with E-state index in [1.165, 1.54) is 13.2 Å². The average molecular weight is 297 g/mol. The van der Waals surface area contributed by atoms with Gasteiger partial charge in [-0.15, -0.1) is 0 Å². The summed E-state index contributed by atoms with van der Waals surface area (Å²) in [6, 6.07) is 4.70. The highest BCUT2D eigenvalue weighted by Gasteiger charge is 2.38. The second-order valence-corrected chi connectivity index (χ2v) is 5.10. The van der Waals surface area contributed by atoms with Gasteiger partial charge in [-0.05, 0) is 37.5 Å². The monoisotopic (exact) mass is 297 g/mol. The molecule has 1 aromatic rings. The summed E-state index contributed by atoms with van der Waals surface area (Å²) in [5, 5.41) is 0. The lowest BCUT2D eigenvalue weighted by Crippen LogP contribution is -2.42. The van der Waals surface area contributed by atoms with E-state index >= 15 is 0 Å². The maximum absolute atomic E-state index is 13.8. The number of nitrogens with two attached hydrogens (primary N) is 1. The third-order valence-corrected chi connectivity index (χ3v) is 3.59. The molecule has 1 unspecified atom stereocenters. The number of rotatable bonds is 8. The van der Waals surface area contributed by atoms with Crippen LogP contribution in [0.5, 0.6) is 5.75 Å². The predicted octanol–water partition coefficient (Wildman–Crippen LogP) is 2.69. The van der Waals surface area contributed by atoms with Crippen LogP contribution in [0.2, 0.25) is 0 Å². The highest BCUT2D eigenvalue weighted by atomic mass is 19.1. The lowest BCUT2D eigenvalue weighted by Gasteiger charge is -2.30. The van der Waals surface area contributed by atoms with Gasteiger partial charge in [-0.25, -0.2) is 4.39 Å². The van der Waals surface area contributed by atoms with E-state index < -0.39 is 11.2 Å². The number of ether oxygens (including phenoxy) is 2. The number of hydrogen-bond acceptors (Lipinski definition) is 4. The molecule has 21 heavy (non-hydrogen) atoms. The molecule has 1 atom stereocenters. The van der Waals surface area contributed by atoms with Crippen molar-refractivity contribution in [1.82, 2.24) is 0 Å². The van der Waals surface area contributed by atoms with Crippen LogP contribution in [0.4, 0.5) is 4.39 Å². The fourth-order valence-corrected chi connectivity index (χ4v) is 2.49. The van der Waals surface area contributed by atoms with Crippen LogP contribution in [0.3, 0.4) is 0 Å². The lowest BCUT2D eigenvalue weighted by atomic mass is 9.78. The standard InChI is InChI=1S/C16H24FNO3/c1-4-8-16(11-18,15(19)21-5-2)10-12-6-7-14(20-3)13(17)9-12/h6-7,9H,4-5,8,10-11,18H2,1-3H3. The van der Waals surface area contributed by atoms with Gasteiger partial charge in [0.05, 0.1) is 19.1 Å². The summed E-state index contributed by atoms with van der Waals surface area (Å²) >= 11 is 0. The van der Waals surface area contributed by atoms with Crippen LogP contribution in [-0.4, -0.2) is 26.2 Å². The van der Waals surface area contributed by atoms with Crippen LogP contribution >= 0.6 is 0 Å². The maximum Gasteiger partial charge on any atom is 0.313 e. The van der Waals surface area contributed by atoms with E-state index in [2.05, 4.69) is 0 Å². The van der Waals surface area contributed by atoms with Gasteiger partial charge in [0.2, 0.25) is 0 Å². The Labute approximate surface area is 125 Å². The molecule has 0 saturated carbocycles. The van der Waals surface area contributed by atoms with E-state index in [1.807, 2.05) is 6.92 Å². The number of methoxy groups -OCH3 is 1. The molecule has 5 heteroatoms. The van der Waals surface area contributed by atoms with Crippen molar-refractivity contribution in [2.45, 2.75) is 33.1 Å². The first-order valence-electron chi connectivity index (χ1n) is 7.22. The van der Waals surface area contributed by atoms with Gasteiger partial charge in [0.15, 0.2) is 11.6 Å². The molecule has 0 radical (unpaired) electrons. The van der Waals surface area contributed by atoms with Crippen LogP contribution in [0.1, 0.15) is 32.3 Å². The molecule has 118 valence electrons. The highest BCUT2D eigenvalue weighted by Crippen LogP contribution is 2.31. The lowest BCUT2D eigenvalue weighted by molar-refractivity contribution is -0.155. The number of halogens is 1. The van der Waals surface area contributed by atoms with Crippen molar-refractivity contribution in [2.75, 3.05) is 20.3 Å². The summed E-state index contributed by atoms with van der Waals surface area (Å²) < 4.78 is 23.9. The van der Waals surface area contributed by atoms with Crippen molar-refractivity contribution in [3.8, 4) is 5.75 Å². The van der Waals surface area contributed by atoms with Crippen molar-refractivity contribution >= 4 is 5.97 Å². The van der Waals surface area contributed by atoms with E-state index in [4.69, 9.17) is 15.2 Å². The first-order valence-corrected chi connectivity index (χ1v) is 7.22. The zero-order chi connectivity index (χ0) is 15.9. The Morgan fingerprint density at radius 1 is 1.38 bits per heavy atom. The minimum absolute atomic E-state index is 0.174. The third kappa shape index (κ3) is 4.17.